The van der Waals surface area contributed by atoms with E-state index in [1.165, 1.54) is 0 Å². The zero-order chi connectivity index (χ0) is 3.54. The third kappa shape index (κ3) is 0.419. The Morgan fingerprint density at radius 1 is 1.80 bits per heavy atom. The number of hydrogen-bond acceptors (Lipinski definition) is 2. The molecule has 3 heteroatoms. The molecule has 1 N–H and O–H groups in total. The van der Waals surface area contributed by atoms with Gasteiger partial charge in [-0.05, 0) is 0 Å². The van der Waals surface area contributed by atoms with Crippen LogP contribution < -0.4 is 5.39 Å². The van der Waals surface area contributed by atoms with Gasteiger partial charge in [-0.1, -0.05) is 5.98 Å². The van der Waals surface area contributed by atoms with Gasteiger partial charge in [0.05, 0.1) is 6.26 Å². The van der Waals surface area contributed by atoms with Crippen molar-refractivity contribution in [3.05, 3.63) is 12.2 Å². The lowest BCUT2D eigenvalue weighted by molar-refractivity contribution is 0.215. The molecule has 0 bridgehead atoms. The average Bonchev–Trinajstić information content (AvgIpc) is 1.76. The molecule has 0 saturated carbocycles. The molecule has 0 spiro atoms. The van der Waals surface area contributed by atoms with Crippen LogP contribution in [0, 0.1) is 0 Å². The second-order valence-corrected chi connectivity index (χ2v) is 0.731. The van der Waals surface area contributed by atoms with Crippen molar-refractivity contribution in [1.82, 2.24) is 5.39 Å². The molecule has 1 rings (SSSR count). The van der Waals surface area contributed by atoms with Crippen LogP contribution in [0.4, 0.5) is 0 Å². The van der Waals surface area contributed by atoms with E-state index < -0.39 is 0 Å². The highest BCUT2D eigenvalue weighted by Crippen LogP contribution is 1.74. The van der Waals surface area contributed by atoms with Crippen LogP contribution in [0.2, 0.25) is 0 Å². The molecular formula is C2H3BNO. The summed E-state index contributed by atoms with van der Waals surface area (Å²) in [6.07, 6.45) is 1.57. The van der Waals surface area contributed by atoms with Gasteiger partial charge in [-0.2, -0.15) is 0 Å². The van der Waals surface area contributed by atoms with Gasteiger partial charge < -0.3 is 4.84 Å². The summed E-state index contributed by atoms with van der Waals surface area (Å²) in [7, 11) is 1.71. The molecule has 5 heavy (non-hydrogen) atoms. The largest absolute Gasteiger partial charge is 0.430 e. The molecule has 0 aliphatic carbocycles. The molecular weight excluding hydrogens is 64.8 g/mol. The van der Waals surface area contributed by atoms with Crippen LogP contribution in [0.5, 0.6) is 0 Å². The van der Waals surface area contributed by atoms with Crippen LogP contribution in [0.25, 0.3) is 0 Å². The quantitative estimate of drug-likeness (QED) is 0.390. The maximum absolute atomic E-state index is 4.46. The normalized spacial score (nSPS) is 17.6. The molecule has 2 nitrogen and oxygen atoms in total. The molecule has 0 fully saturated rings. The van der Waals surface area contributed by atoms with Crippen LogP contribution in [0.3, 0.4) is 0 Å². The van der Waals surface area contributed by atoms with Crippen LogP contribution in [0.1, 0.15) is 0 Å². The van der Waals surface area contributed by atoms with E-state index in [0.29, 0.717) is 0 Å². The summed E-state index contributed by atoms with van der Waals surface area (Å²) in [5.41, 5.74) is 0. The molecule has 25 valence electrons. The van der Waals surface area contributed by atoms with Gasteiger partial charge in [-0.25, -0.2) is 5.39 Å². The second kappa shape index (κ2) is 1.13. The molecule has 0 saturated heterocycles. The Balaban J connectivity index is 2.32. The second-order valence-electron chi connectivity index (χ2n) is 0.731. The minimum absolute atomic E-state index is 1.57. The van der Waals surface area contributed by atoms with Gasteiger partial charge in [0.2, 0.25) is 0 Å². The van der Waals surface area contributed by atoms with Gasteiger partial charge in [0.25, 0.3) is 7.41 Å². The standard InChI is InChI=1S/C2H3BNO/c1-2-5-4-3-1/h1-2,4H. The fraction of sp³-hybridized carbons (Fsp3) is 0. The Morgan fingerprint density at radius 2 is 2.80 bits per heavy atom. The minimum atomic E-state index is 1.57. The molecule has 1 aliphatic heterocycles. The first-order valence-corrected chi connectivity index (χ1v) is 1.40. The Labute approximate surface area is 31.0 Å². The van der Waals surface area contributed by atoms with Crippen LogP contribution in [0.15, 0.2) is 12.2 Å². The lowest BCUT2D eigenvalue weighted by atomic mass is 10.00. The van der Waals surface area contributed by atoms with Crippen molar-refractivity contribution in [2.45, 2.75) is 0 Å². The Kier molecular flexibility index (Phi) is 0.627. The minimum Gasteiger partial charge on any atom is -0.430 e. The highest BCUT2D eigenvalue weighted by Gasteiger charge is 1.86. The van der Waals surface area contributed by atoms with E-state index in [0.717, 1.165) is 0 Å². The summed E-state index contributed by atoms with van der Waals surface area (Å²) < 4.78 is 0. The van der Waals surface area contributed by atoms with Gasteiger partial charge in [-0.15, -0.1) is 0 Å². The zero-order valence-corrected chi connectivity index (χ0v) is 2.64. The first kappa shape index (κ1) is 2.78. The van der Waals surface area contributed by atoms with E-state index in [1.807, 2.05) is 0 Å². The highest BCUT2D eigenvalue weighted by atomic mass is 16.6. The summed E-state index contributed by atoms with van der Waals surface area (Å²) in [5.74, 6) is 1.78. The lowest BCUT2D eigenvalue weighted by Gasteiger charge is -1.82. The van der Waals surface area contributed by atoms with Crippen molar-refractivity contribution < 1.29 is 4.84 Å². The third-order valence-corrected chi connectivity index (χ3v) is 0.379. The lowest BCUT2D eigenvalue weighted by Crippen LogP contribution is -2.06. The number of hydrogen-bond donors (Lipinski definition) is 1. The molecule has 0 aromatic rings. The van der Waals surface area contributed by atoms with Crippen molar-refractivity contribution in [3.63, 3.8) is 0 Å². The molecule has 1 radical (unpaired) electrons. The SMILES string of the molecule is [B]1C=CON1. The van der Waals surface area contributed by atoms with Gasteiger partial charge >= 0.3 is 0 Å². The predicted octanol–water partition coefficient (Wildman–Crippen LogP) is -0.388. The summed E-state index contributed by atoms with van der Waals surface area (Å²) in [4.78, 5) is 4.46. The van der Waals surface area contributed by atoms with E-state index in [-0.39, 0.29) is 0 Å². The molecule has 0 amide bonds. The molecule has 0 atom stereocenters. The number of nitrogens with one attached hydrogen (secondary N) is 1. The highest BCUT2D eigenvalue weighted by molar-refractivity contribution is 6.39. The number of rotatable bonds is 0. The molecule has 0 aromatic carbocycles. The monoisotopic (exact) mass is 68.0 g/mol. The topological polar surface area (TPSA) is 21.3 Å². The van der Waals surface area contributed by atoms with E-state index in [1.54, 1.807) is 19.7 Å². The van der Waals surface area contributed by atoms with Crippen LogP contribution in [-0.4, -0.2) is 7.41 Å². The van der Waals surface area contributed by atoms with Crippen molar-refractivity contribution in [2.24, 2.45) is 0 Å². The van der Waals surface area contributed by atoms with Crippen LogP contribution >= 0.6 is 0 Å². The molecule has 0 aromatic heterocycles. The zero-order valence-electron chi connectivity index (χ0n) is 2.64. The van der Waals surface area contributed by atoms with E-state index in [4.69, 9.17) is 0 Å². The van der Waals surface area contributed by atoms with Crippen molar-refractivity contribution in [1.29, 1.82) is 0 Å². The molecule has 1 aliphatic rings. The Hall–Kier alpha value is -0.435. The first-order valence-electron chi connectivity index (χ1n) is 1.40. The first-order chi connectivity index (χ1) is 2.50. The van der Waals surface area contributed by atoms with Gasteiger partial charge in [-0.3, -0.25) is 0 Å². The maximum Gasteiger partial charge on any atom is 0.290 e. The fourth-order valence-electron chi connectivity index (χ4n) is 0.196. The molecule has 0 unspecified atom stereocenters. The predicted molar refractivity (Wildman–Crippen MR) is 19.1 cm³/mol. The summed E-state index contributed by atoms with van der Waals surface area (Å²) >= 11 is 0. The summed E-state index contributed by atoms with van der Waals surface area (Å²) in [6.45, 7) is 0. The Bertz CT molecular complexity index is 47.6. The van der Waals surface area contributed by atoms with Crippen molar-refractivity contribution >= 4 is 7.41 Å². The van der Waals surface area contributed by atoms with Gasteiger partial charge in [0, 0.05) is 0 Å². The van der Waals surface area contributed by atoms with E-state index >= 15 is 0 Å². The summed E-state index contributed by atoms with van der Waals surface area (Å²) in [6, 6.07) is 0. The van der Waals surface area contributed by atoms with Gasteiger partial charge in [0.1, 0.15) is 0 Å². The van der Waals surface area contributed by atoms with Crippen molar-refractivity contribution in [2.75, 3.05) is 0 Å². The fourth-order valence-corrected chi connectivity index (χ4v) is 0.196. The summed E-state index contributed by atoms with van der Waals surface area (Å²) in [5, 5.41) is 2.49. The van der Waals surface area contributed by atoms with Crippen LogP contribution in [-0.2, 0) is 4.84 Å². The third-order valence-electron chi connectivity index (χ3n) is 0.379. The van der Waals surface area contributed by atoms with Gasteiger partial charge in [0.15, 0.2) is 0 Å². The smallest absolute Gasteiger partial charge is 0.290 e. The van der Waals surface area contributed by atoms with E-state index in [9.17, 15) is 0 Å². The van der Waals surface area contributed by atoms with E-state index in [2.05, 4.69) is 10.2 Å². The molecule has 1 heterocycles. The Morgan fingerprint density at radius 3 is 3.00 bits per heavy atom. The van der Waals surface area contributed by atoms with Crippen molar-refractivity contribution in [3.8, 4) is 0 Å². The maximum atomic E-state index is 4.46. The average molecular weight is 67.9 g/mol.